The fraction of sp³-hybridized carbons (Fsp3) is 0.333. The maximum atomic E-state index is 12.2. The van der Waals surface area contributed by atoms with Crippen molar-refractivity contribution in [3.8, 4) is 0 Å². The first kappa shape index (κ1) is 14.1. The number of benzene rings is 1. The van der Waals surface area contributed by atoms with Crippen LogP contribution in [0.25, 0.3) is 6.08 Å². The molecule has 1 heterocycles. The summed E-state index contributed by atoms with van der Waals surface area (Å²) in [5, 5.41) is -0.614. The van der Waals surface area contributed by atoms with Crippen LogP contribution in [0.1, 0.15) is 19.4 Å². The second-order valence-corrected chi connectivity index (χ2v) is 9.30. The number of sulfone groups is 2. The minimum absolute atomic E-state index is 0.0817. The third kappa shape index (κ3) is 2.40. The zero-order chi connectivity index (χ0) is 14.4. The van der Waals surface area contributed by atoms with Crippen molar-refractivity contribution in [2.24, 2.45) is 0 Å². The molecule has 1 aromatic carbocycles. The monoisotopic (exact) mass is 301 g/mol. The number of hydrogen-bond acceptors (Lipinski definition) is 5. The van der Waals surface area contributed by atoms with E-state index in [-0.39, 0.29) is 9.80 Å². The van der Waals surface area contributed by atoms with E-state index in [0.717, 1.165) is 0 Å². The molecule has 0 atom stereocenters. The van der Waals surface area contributed by atoms with Crippen LogP contribution in [-0.4, -0.2) is 27.8 Å². The highest BCUT2D eigenvalue weighted by atomic mass is 32.2. The quantitative estimate of drug-likeness (QED) is 0.847. The van der Waals surface area contributed by atoms with Crippen LogP contribution in [-0.2, 0) is 19.7 Å². The molecule has 0 radical (unpaired) electrons. The lowest BCUT2D eigenvalue weighted by Gasteiger charge is -2.08. The van der Waals surface area contributed by atoms with Crippen molar-refractivity contribution in [2.75, 3.05) is 11.5 Å². The van der Waals surface area contributed by atoms with Crippen LogP contribution in [0, 0.1) is 0 Å². The molecule has 0 spiro atoms. The van der Waals surface area contributed by atoms with Crippen molar-refractivity contribution in [2.45, 2.75) is 24.0 Å². The van der Waals surface area contributed by atoms with E-state index in [1.165, 1.54) is 26.0 Å². The van der Waals surface area contributed by atoms with Gasteiger partial charge in [0, 0.05) is 5.69 Å². The Bertz CT molecular complexity index is 759. The Morgan fingerprint density at radius 2 is 1.89 bits per heavy atom. The van der Waals surface area contributed by atoms with Crippen LogP contribution in [0.5, 0.6) is 0 Å². The zero-order valence-corrected chi connectivity index (χ0v) is 12.3. The highest BCUT2D eigenvalue weighted by molar-refractivity contribution is 7.98. The van der Waals surface area contributed by atoms with E-state index in [1.807, 2.05) is 0 Å². The van der Waals surface area contributed by atoms with E-state index in [2.05, 4.69) is 0 Å². The lowest BCUT2D eigenvalue weighted by molar-refractivity contribution is 0.587. The summed E-state index contributed by atoms with van der Waals surface area (Å²) >= 11 is 0. The van der Waals surface area contributed by atoms with Crippen molar-refractivity contribution in [1.29, 1.82) is 0 Å². The SMILES string of the molecule is CC(C)S(=O)(=O)CC1=Cc2ccc(N)cc2S1(=O)=O. The highest BCUT2D eigenvalue weighted by Gasteiger charge is 2.33. The summed E-state index contributed by atoms with van der Waals surface area (Å²) in [6.45, 7) is 3.06. The Balaban J connectivity index is 2.49. The topological polar surface area (TPSA) is 94.3 Å². The van der Waals surface area contributed by atoms with E-state index in [4.69, 9.17) is 5.73 Å². The van der Waals surface area contributed by atoms with Crippen LogP contribution in [0.2, 0.25) is 0 Å². The van der Waals surface area contributed by atoms with Gasteiger partial charge in [-0.1, -0.05) is 6.07 Å². The van der Waals surface area contributed by atoms with Gasteiger partial charge >= 0.3 is 0 Å². The molecular formula is C12H15NO4S2. The van der Waals surface area contributed by atoms with Crippen molar-refractivity contribution in [3.05, 3.63) is 28.7 Å². The minimum Gasteiger partial charge on any atom is -0.399 e. The molecule has 0 saturated carbocycles. The van der Waals surface area contributed by atoms with Crippen LogP contribution >= 0.6 is 0 Å². The van der Waals surface area contributed by atoms with Gasteiger partial charge in [0.05, 0.1) is 20.8 Å². The summed E-state index contributed by atoms with van der Waals surface area (Å²) in [6, 6.07) is 4.53. The first-order valence-corrected chi connectivity index (χ1v) is 8.91. The third-order valence-electron chi connectivity index (χ3n) is 3.05. The highest BCUT2D eigenvalue weighted by Crippen LogP contribution is 2.35. The predicted octanol–water partition coefficient (Wildman–Crippen LogP) is 1.22. The minimum atomic E-state index is -3.73. The van der Waals surface area contributed by atoms with Gasteiger partial charge in [-0.2, -0.15) is 0 Å². The molecule has 5 nitrogen and oxygen atoms in total. The van der Waals surface area contributed by atoms with Crippen LogP contribution < -0.4 is 5.73 Å². The Morgan fingerprint density at radius 1 is 1.26 bits per heavy atom. The first-order valence-electron chi connectivity index (χ1n) is 5.71. The van der Waals surface area contributed by atoms with Gasteiger partial charge < -0.3 is 5.73 Å². The fourth-order valence-corrected chi connectivity index (χ4v) is 5.00. The lowest BCUT2D eigenvalue weighted by atomic mass is 10.2. The van der Waals surface area contributed by atoms with Gasteiger partial charge in [0.25, 0.3) is 0 Å². The second kappa shape index (κ2) is 4.35. The summed E-state index contributed by atoms with van der Waals surface area (Å²) in [6.07, 6.45) is 1.41. The van der Waals surface area contributed by atoms with Gasteiger partial charge in [0.2, 0.25) is 9.84 Å². The van der Waals surface area contributed by atoms with E-state index in [1.54, 1.807) is 12.1 Å². The van der Waals surface area contributed by atoms with Crippen LogP contribution in [0.15, 0.2) is 28.0 Å². The summed E-state index contributed by atoms with van der Waals surface area (Å²) in [4.78, 5) is 0.00301. The fourth-order valence-electron chi connectivity index (χ4n) is 1.78. The molecule has 0 fully saturated rings. The summed E-state index contributed by atoms with van der Waals surface area (Å²) in [5.74, 6) is -0.471. The standard InChI is InChI=1S/C12H15NO4S2/c1-8(2)18(14,15)7-11-5-9-3-4-10(13)6-12(9)19(11,16)17/h3-6,8H,7,13H2,1-2H3. The zero-order valence-electron chi connectivity index (χ0n) is 10.6. The van der Waals surface area contributed by atoms with Crippen molar-refractivity contribution < 1.29 is 16.8 Å². The summed E-state index contributed by atoms with van der Waals surface area (Å²) in [7, 11) is -7.19. The molecule has 0 bridgehead atoms. The predicted molar refractivity (Wildman–Crippen MR) is 74.9 cm³/mol. The molecule has 0 aromatic heterocycles. The molecule has 1 aliphatic heterocycles. The van der Waals surface area contributed by atoms with E-state index < -0.39 is 30.7 Å². The molecule has 1 aliphatic rings. The molecule has 0 aliphatic carbocycles. The Kier molecular flexibility index (Phi) is 3.22. The average molecular weight is 301 g/mol. The number of hydrogen-bond donors (Lipinski definition) is 1. The van der Waals surface area contributed by atoms with Gasteiger partial charge in [-0.25, -0.2) is 16.8 Å². The maximum absolute atomic E-state index is 12.2. The third-order valence-corrected chi connectivity index (χ3v) is 7.27. The molecule has 7 heteroatoms. The Morgan fingerprint density at radius 3 is 2.47 bits per heavy atom. The largest absolute Gasteiger partial charge is 0.399 e. The van der Waals surface area contributed by atoms with Gasteiger partial charge in [-0.3, -0.25) is 0 Å². The normalized spacial score (nSPS) is 17.3. The molecular weight excluding hydrogens is 286 g/mol. The average Bonchev–Trinajstić information content (AvgIpc) is 2.51. The van der Waals surface area contributed by atoms with Gasteiger partial charge in [-0.15, -0.1) is 0 Å². The van der Waals surface area contributed by atoms with E-state index >= 15 is 0 Å². The molecule has 2 N–H and O–H groups in total. The Labute approximate surface area is 113 Å². The Hall–Kier alpha value is -1.34. The van der Waals surface area contributed by atoms with Crippen molar-refractivity contribution >= 4 is 31.4 Å². The van der Waals surface area contributed by atoms with Gasteiger partial charge in [-0.05, 0) is 37.6 Å². The first-order chi connectivity index (χ1) is 8.64. The number of rotatable bonds is 3. The molecule has 1 aromatic rings. The van der Waals surface area contributed by atoms with Gasteiger partial charge in [0.1, 0.15) is 0 Å². The smallest absolute Gasteiger partial charge is 0.204 e. The van der Waals surface area contributed by atoms with Crippen LogP contribution in [0.3, 0.4) is 0 Å². The van der Waals surface area contributed by atoms with Gasteiger partial charge in [0.15, 0.2) is 9.84 Å². The molecule has 0 amide bonds. The molecule has 0 unspecified atom stereocenters. The summed E-state index contributed by atoms with van der Waals surface area (Å²) in [5.41, 5.74) is 6.39. The molecule has 0 saturated heterocycles. The van der Waals surface area contributed by atoms with Crippen molar-refractivity contribution in [1.82, 2.24) is 0 Å². The molecule has 19 heavy (non-hydrogen) atoms. The lowest BCUT2D eigenvalue weighted by Crippen LogP contribution is -2.21. The van der Waals surface area contributed by atoms with Crippen LogP contribution in [0.4, 0.5) is 5.69 Å². The van der Waals surface area contributed by atoms with E-state index in [0.29, 0.717) is 11.3 Å². The number of nitrogens with two attached hydrogens (primary N) is 1. The summed E-state index contributed by atoms with van der Waals surface area (Å²) < 4.78 is 48.2. The molecule has 2 rings (SSSR count). The molecule has 104 valence electrons. The number of anilines is 1. The maximum Gasteiger partial charge on any atom is 0.204 e. The second-order valence-electron chi connectivity index (χ2n) is 4.77. The number of fused-ring (bicyclic) bond motifs is 1. The number of nitrogen functional groups attached to an aromatic ring is 1. The van der Waals surface area contributed by atoms with Crippen molar-refractivity contribution in [3.63, 3.8) is 0 Å². The van der Waals surface area contributed by atoms with E-state index in [9.17, 15) is 16.8 Å².